The number of benzene rings is 1. The summed E-state index contributed by atoms with van der Waals surface area (Å²) in [6.07, 6.45) is 0. The third-order valence-electron chi connectivity index (χ3n) is 2.78. The van der Waals surface area contributed by atoms with E-state index in [1.165, 1.54) is 4.88 Å². The summed E-state index contributed by atoms with van der Waals surface area (Å²) in [6.45, 7) is 2.83. The number of nitrogens with one attached hydrogen (secondary N) is 1. The summed E-state index contributed by atoms with van der Waals surface area (Å²) < 4.78 is 0. The van der Waals surface area contributed by atoms with Gasteiger partial charge in [0.1, 0.15) is 0 Å². The van der Waals surface area contributed by atoms with Crippen molar-refractivity contribution in [2.45, 2.75) is 13.5 Å². The van der Waals surface area contributed by atoms with Crippen LogP contribution in [0.4, 0.5) is 0 Å². The third kappa shape index (κ3) is 4.33. The lowest BCUT2D eigenvalue weighted by molar-refractivity contribution is 0.0951. The van der Waals surface area contributed by atoms with Crippen molar-refractivity contribution in [1.29, 1.82) is 0 Å². The number of carbonyl (C=O) groups is 1. The molecule has 0 bridgehead atoms. The van der Waals surface area contributed by atoms with E-state index in [1.54, 1.807) is 29.5 Å². The fourth-order valence-corrected chi connectivity index (χ4v) is 2.81. The summed E-state index contributed by atoms with van der Waals surface area (Å²) in [7, 11) is 0. The number of aryl methyl sites for hydroxylation is 1. The molecule has 0 radical (unpaired) electrons. The lowest BCUT2D eigenvalue weighted by atomic mass is 10.1. The Hall–Kier alpha value is -1.80. The van der Waals surface area contributed by atoms with Gasteiger partial charge < -0.3 is 11.1 Å². The topological polar surface area (TPSA) is 55.1 Å². The minimum Gasteiger partial charge on any atom is -0.347 e. The van der Waals surface area contributed by atoms with E-state index in [0.717, 1.165) is 4.88 Å². The first-order valence-corrected chi connectivity index (χ1v) is 7.61. The van der Waals surface area contributed by atoms with Crippen molar-refractivity contribution in [1.82, 2.24) is 5.32 Å². The Morgan fingerprint density at radius 3 is 2.81 bits per heavy atom. The number of carbonyl (C=O) groups excluding carboxylic acids is 1. The Bertz CT molecular complexity index is 713. The van der Waals surface area contributed by atoms with Gasteiger partial charge in [-0.25, -0.2) is 0 Å². The van der Waals surface area contributed by atoms with Crippen molar-refractivity contribution >= 4 is 28.8 Å². The van der Waals surface area contributed by atoms with Gasteiger partial charge in [-0.05, 0) is 37.3 Å². The van der Waals surface area contributed by atoms with Gasteiger partial charge >= 0.3 is 0 Å². The highest BCUT2D eigenvalue weighted by Gasteiger charge is 2.08. The average molecular weight is 319 g/mol. The van der Waals surface area contributed by atoms with Gasteiger partial charge in [0.2, 0.25) is 0 Å². The lowest BCUT2D eigenvalue weighted by Crippen LogP contribution is -2.22. The first-order chi connectivity index (χ1) is 10.1. The van der Waals surface area contributed by atoms with E-state index >= 15 is 0 Å². The molecule has 5 heteroatoms. The second kappa shape index (κ2) is 7.28. The number of amides is 1. The molecule has 21 heavy (non-hydrogen) atoms. The van der Waals surface area contributed by atoms with Gasteiger partial charge in [0.05, 0.1) is 18.1 Å². The minimum absolute atomic E-state index is 0.152. The van der Waals surface area contributed by atoms with Crippen LogP contribution in [-0.2, 0) is 6.54 Å². The zero-order chi connectivity index (χ0) is 15.2. The van der Waals surface area contributed by atoms with Gasteiger partial charge in [-0.2, -0.15) is 0 Å². The molecule has 0 spiro atoms. The molecular formula is C16H15ClN2OS. The Labute approximate surface area is 133 Å². The molecule has 0 aliphatic carbocycles. The predicted molar refractivity (Wildman–Crippen MR) is 87.6 cm³/mol. The highest BCUT2D eigenvalue weighted by atomic mass is 35.5. The van der Waals surface area contributed by atoms with Crippen LogP contribution in [0.15, 0.2) is 30.3 Å². The second-order valence-corrected chi connectivity index (χ2v) is 6.18. The number of halogens is 1. The molecule has 0 aliphatic heterocycles. The summed E-state index contributed by atoms with van der Waals surface area (Å²) in [5.41, 5.74) is 6.51. The highest BCUT2D eigenvalue weighted by Crippen LogP contribution is 2.18. The molecule has 1 amide bonds. The molecule has 0 unspecified atom stereocenters. The Morgan fingerprint density at radius 2 is 2.19 bits per heavy atom. The Morgan fingerprint density at radius 1 is 1.38 bits per heavy atom. The van der Waals surface area contributed by atoms with Crippen molar-refractivity contribution in [3.63, 3.8) is 0 Å². The molecule has 0 aliphatic rings. The molecule has 2 aromatic rings. The Kier molecular flexibility index (Phi) is 5.40. The van der Waals surface area contributed by atoms with Crippen molar-refractivity contribution in [2.75, 3.05) is 6.54 Å². The number of rotatable bonds is 3. The highest BCUT2D eigenvalue weighted by molar-refractivity contribution is 7.11. The molecule has 1 aromatic heterocycles. The fraction of sp³-hybridized carbons (Fsp3) is 0.188. The lowest BCUT2D eigenvalue weighted by Gasteiger charge is -2.05. The summed E-state index contributed by atoms with van der Waals surface area (Å²) in [5.74, 6) is 5.45. The van der Waals surface area contributed by atoms with E-state index in [4.69, 9.17) is 17.3 Å². The number of thiophene rings is 1. The number of hydrogen-bond acceptors (Lipinski definition) is 3. The maximum Gasteiger partial charge on any atom is 0.251 e. The van der Waals surface area contributed by atoms with Crippen LogP contribution in [0.1, 0.15) is 25.7 Å². The largest absolute Gasteiger partial charge is 0.347 e. The van der Waals surface area contributed by atoms with Crippen LogP contribution in [0.3, 0.4) is 0 Å². The summed E-state index contributed by atoms with van der Waals surface area (Å²) >= 11 is 7.78. The Balaban J connectivity index is 2.04. The van der Waals surface area contributed by atoms with Crippen LogP contribution >= 0.6 is 22.9 Å². The van der Waals surface area contributed by atoms with Gasteiger partial charge in [-0.3, -0.25) is 4.79 Å². The van der Waals surface area contributed by atoms with E-state index in [0.29, 0.717) is 22.7 Å². The normalized spacial score (nSPS) is 9.86. The first-order valence-electron chi connectivity index (χ1n) is 6.42. The van der Waals surface area contributed by atoms with Crippen LogP contribution in [0.25, 0.3) is 0 Å². The maximum atomic E-state index is 12.1. The fourth-order valence-electron chi connectivity index (χ4n) is 1.75. The van der Waals surface area contributed by atoms with E-state index in [9.17, 15) is 4.79 Å². The molecule has 0 atom stereocenters. The molecular weight excluding hydrogens is 304 g/mol. The second-order valence-electron chi connectivity index (χ2n) is 4.40. The monoisotopic (exact) mass is 318 g/mol. The summed E-state index contributed by atoms with van der Waals surface area (Å²) in [5, 5.41) is 3.33. The van der Waals surface area contributed by atoms with Gasteiger partial charge in [0.15, 0.2) is 0 Å². The van der Waals surface area contributed by atoms with Crippen molar-refractivity contribution < 1.29 is 4.79 Å². The summed E-state index contributed by atoms with van der Waals surface area (Å²) in [6, 6.07) is 9.11. The smallest absolute Gasteiger partial charge is 0.251 e. The van der Waals surface area contributed by atoms with Gasteiger partial charge in [-0.1, -0.05) is 23.4 Å². The van der Waals surface area contributed by atoms with Gasteiger partial charge in [0.25, 0.3) is 5.91 Å². The number of hydrogen-bond donors (Lipinski definition) is 2. The van der Waals surface area contributed by atoms with Gasteiger partial charge in [-0.15, -0.1) is 11.3 Å². The third-order valence-corrected chi connectivity index (χ3v) is 4.09. The van der Waals surface area contributed by atoms with Crippen LogP contribution < -0.4 is 11.1 Å². The van der Waals surface area contributed by atoms with Crippen molar-refractivity contribution in [3.05, 3.63) is 56.2 Å². The summed E-state index contributed by atoms with van der Waals surface area (Å²) in [4.78, 5) is 14.4. The minimum atomic E-state index is -0.152. The molecule has 0 saturated carbocycles. The maximum absolute atomic E-state index is 12.1. The SMILES string of the molecule is Cc1ccc(CNC(=O)c2ccc(C#CCN)c(Cl)c2)s1. The molecule has 108 valence electrons. The van der Waals surface area contributed by atoms with Crippen LogP contribution in [0.2, 0.25) is 5.02 Å². The number of nitrogens with two attached hydrogens (primary N) is 1. The van der Waals surface area contributed by atoms with E-state index < -0.39 is 0 Å². The average Bonchev–Trinajstić information content (AvgIpc) is 2.89. The quantitative estimate of drug-likeness (QED) is 0.855. The van der Waals surface area contributed by atoms with Crippen LogP contribution in [-0.4, -0.2) is 12.5 Å². The molecule has 0 saturated heterocycles. The van der Waals surface area contributed by atoms with Crippen LogP contribution in [0, 0.1) is 18.8 Å². The van der Waals surface area contributed by atoms with Crippen molar-refractivity contribution in [2.24, 2.45) is 5.73 Å². The molecule has 1 heterocycles. The molecule has 1 aromatic carbocycles. The first kappa shape index (κ1) is 15.6. The zero-order valence-corrected chi connectivity index (χ0v) is 13.1. The standard InChI is InChI=1S/C16H15ClN2OS/c1-11-4-7-14(21-11)10-19-16(20)13-6-5-12(3-2-8-18)15(17)9-13/h4-7,9H,8,10,18H2,1H3,(H,19,20). The molecule has 3 nitrogen and oxygen atoms in total. The predicted octanol–water partition coefficient (Wildman–Crippen LogP) is 2.95. The molecule has 2 rings (SSSR count). The van der Waals surface area contributed by atoms with E-state index in [2.05, 4.69) is 17.2 Å². The van der Waals surface area contributed by atoms with E-state index in [1.807, 2.05) is 19.1 Å². The van der Waals surface area contributed by atoms with Crippen LogP contribution in [0.5, 0.6) is 0 Å². The van der Waals surface area contributed by atoms with E-state index in [-0.39, 0.29) is 12.5 Å². The van der Waals surface area contributed by atoms with Crippen molar-refractivity contribution in [3.8, 4) is 11.8 Å². The molecule has 0 fully saturated rings. The zero-order valence-electron chi connectivity index (χ0n) is 11.6. The van der Waals surface area contributed by atoms with Gasteiger partial charge in [0, 0.05) is 20.9 Å². The molecule has 3 N–H and O–H groups in total.